The molecule has 1 unspecified atom stereocenters. The Morgan fingerprint density at radius 1 is 0.744 bits per heavy atom. The van der Waals surface area contributed by atoms with Gasteiger partial charge in [-0.1, -0.05) is 12.2 Å². The van der Waals surface area contributed by atoms with Gasteiger partial charge in [-0.25, -0.2) is 4.79 Å². The third-order valence-electron chi connectivity index (χ3n) is 13.5. The number of anilines is 4. The van der Waals surface area contributed by atoms with Crippen LogP contribution in [0.15, 0.2) is 73.3 Å². The molecule has 23 heteroatoms. The third kappa shape index (κ3) is 14.2. The van der Waals surface area contributed by atoms with Crippen molar-refractivity contribution in [3.63, 3.8) is 0 Å². The van der Waals surface area contributed by atoms with Crippen LogP contribution < -0.4 is 31.2 Å². The van der Waals surface area contributed by atoms with Crippen LogP contribution in [0.4, 0.5) is 27.5 Å². The van der Waals surface area contributed by atoms with Gasteiger partial charge in [-0.15, -0.1) is 0 Å². The topological polar surface area (TPSA) is 248 Å². The number of aryl methyl sites for hydroxylation is 4. The Morgan fingerprint density at radius 3 is 2.01 bits per heavy atom. The van der Waals surface area contributed by atoms with Crippen LogP contribution in [0.2, 0.25) is 0 Å². The number of thioether (sulfide) groups is 1. The Bertz CT molecular complexity index is 3060. The molecule has 5 amide bonds. The minimum Gasteiger partial charge on any atom is -0.493 e. The summed E-state index contributed by atoms with van der Waals surface area (Å²) in [5.74, 6) is -0.586. The molecular weight excluding hydrogens is 1020 g/mol. The highest BCUT2D eigenvalue weighted by Crippen LogP contribution is 2.36. The van der Waals surface area contributed by atoms with Gasteiger partial charge in [-0.2, -0.15) is 11.8 Å². The first-order valence-corrected chi connectivity index (χ1v) is 27.0. The molecule has 6 heterocycles. The van der Waals surface area contributed by atoms with E-state index in [1.165, 1.54) is 24.1 Å². The number of unbranched alkanes of at least 4 members (excludes halogenated alkanes) is 1. The smallest absolute Gasteiger partial charge is 0.412 e. The Morgan fingerprint density at radius 2 is 1.36 bits per heavy atom. The van der Waals surface area contributed by atoms with E-state index in [1.807, 2.05) is 20.4 Å². The van der Waals surface area contributed by atoms with E-state index in [4.69, 9.17) is 24.7 Å². The highest BCUT2D eigenvalue weighted by Gasteiger charge is 2.45. The maximum Gasteiger partial charge on any atom is 0.412 e. The summed E-state index contributed by atoms with van der Waals surface area (Å²) in [7, 11) is 12.3. The monoisotopic (exact) mass is 1090 g/mol. The maximum absolute atomic E-state index is 14.1. The van der Waals surface area contributed by atoms with Gasteiger partial charge in [0, 0.05) is 96.3 Å². The summed E-state index contributed by atoms with van der Waals surface area (Å²) in [4.78, 5) is 98.6. The second kappa shape index (κ2) is 26.1. The summed E-state index contributed by atoms with van der Waals surface area (Å²) in [6.07, 6.45) is 10.3. The van der Waals surface area contributed by atoms with Crippen LogP contribution in [-0.2, 0) is 48.9 Å². The number of methoxy groups -OCH3 is 1. The number of nitrogen functional groups attached to an aromatic ring is 1. The van der Waals surface area contributed by atoms with Gasteiger partial charge >= 0.3 is 6.09 Å². The van der Waals surface area contributed by atoms with E-state index in [2.05, 4.69) is 27.4 Å². The minimum atomic E-state index is -0.713. The maximum atomic E-state index is 14.1. The summed E-state index contributed by atoms with van der Waals surface area (Å²) >= 11 is 1.57. The normalized spacial score (nSPS) is 15.2. The van der Waals surface area contributed by atoms with Crippen molar-refractivity contribution in [2.45, 2.75) is 57.2 Å². The van der Waals surface area contributed by atoms with Crippen LogP contribution in [-0.4, -0.2) is 159 Å². The average molecular weight is 1090 g/mol. The van der Waals surface area contributed by atoms with E-state index >= 15 is 0 Å². The molecule has 5 N–H and O–H groups in total. The second-order valence-corrected chi connectivity index (χ2v) is 20.8. The molecule has 7 rings (SSSR count). The molecule has 2 atom stereocenters. The van der Waals surface area contributed by atoms with Gasteiger partial charge in [0.2, 0.25) is 5.91 Å². The van der Waals surface area contributed by atoms with E-state index in [9.17, 15) is 33.6 Å². The van der Waals surface area contributed by atoms with Gasteiger partial charge in [-0.3, -0.25) is 33.7 Å². The lowest BCUT2D eigenvalue weighted by molar-refractivity contribution is -0.116. The molecule has 0 aliphatic carbocycles. The number of likely N-dealkylation sites (tertiary alicyclic amines) is 1. The molecule has 1 aromatic carbocycles. The number of hydrogen-bond donors (Lipinski definition) is 4. The quantitative estimate of drug-likeness (QED) is 0.0220. The van der Waals surface area contributed by atoms with E-state index in [-0.39, 0.29) is 90.3 Å². The lowest BCUT2D eigenvalue weighted by atomic mass is 10.1. The number of hydrogen-bond acceptors (Lipinski definition) is 14. The van der Waals surface area contributed by atoms with Gasteiger partial charge in [-0.05, 0) is 88.5 Å². The van der Waals surface area contributed by atoms with Gasteiger partial charge < -0.3 is 68.7 Å². The molecule has 5 aromatic rings. The highest BCUT2D eigenvalue weighted by molar-refractivity contribution is 7.98. The van der Waals surface area contributed by atoms with Crippen LogP contribution in [0.5, 0.6) is 11.5 Å². The van der Waals surface area contributed by atoms with Crippen LogP contribution in [0.3, 0.4) is 0 Å². The average Bonchev–Trinajstić information content (AvgIpc) is 4.30. The fourth-order valence-corrected chi connectivity index (χ4v) is 9.82. The van der Waals surface area contributed by atoms with Crippen LogP contribution in [0.25, 0.3) is 0 Å². The molecule has 0 spiro atoms. The first-order chi connectivity index (χ1) is 37.2. The SMILES string of the molecule is C=C1C[C@@H](C2OCCN2C(=O)OCCSC)N(C(=O)c2cc(OC)c(OCCCC(=O)Nc3cc(C(=O)Nc4cc(C(=O)Cc5cc(C(=O)Nc6cc(C(=O)CCCCN(C)C)n(C)c6)n(C)c5)n(C)c4)n(C)c3)cc2N)C1. The van der Waals surface area contributed by atoms with Gasteiger partial charge in [0.15, 0.2) is 29.3 Å². The Labute approximate surface area is 458 Å². The number of aromatic nitrogens is 4. The lowest BCUT2D eigenvalue weighted by Gasteiger charge is -2.33. The molecule has 0 bridgehead atoms. The fourth-order valence-electron chi connectivity index (χ4n) is 9.57. The number of nitrogens with two attached hydrogens (primary N) is 1. The first kappa shape index (κ1) is 57.9. The van der Waals surface area contributed by atoms with E-state index in [1.54, 1.807) is 112 Å². The number of carbonyl (C=O) groups excluding carboxylic acids is 7. The molecule has 2 aliphatic heterocycles. The highest BCUT2D eigenvalue weighted by atomic mass is 32.2. The summed E-state index contributed by atoms with van der Waals surface area (Å²) < 4.78 is 29.5. The molecule has 418 valence electrons. The molecule has 0 saturated carbocycles. The minimum absolute atomic E-state index is 0.00760. The summed E-state index contributed by atoms with van der Waals surface area (Å²) in [5, 5.41) is 8.53. The molecule has 0 radical (unpaired) electrons. The fraction of sp³-hybridized carbons (Fsp3) is 0.436. The number of benzene rings is 1. The van der Waals surface area contributed by atoms with Crippen molar-refractivity contribution >= 4 is 75.8 Å². The predicted molar refractivity (Wildman–Crippen MR) is 298 cm³/mol. The number of carbonyl (C=O) groups is 7. The molecule has 2 saturated heterocycles. The van der Waals surface area contributed by atoms with Crippen LogP contribution in [0, 0.1) is 0 Å². The zero-order valence-electron chi connectivity index (χ0n) is 45.6. The zero-order valence-corrected chi connectivity index (χ0v) is 46.5. The Kier molecular flexibility index (Phi) is 19.4. The predicted octanol–water partition coefficient (Wildman–Crippen LogP) is 6.20. The Hall–Kier alpha value is -7.76. The van der Waals surface area contributed by atoms with Crippen molar-refractivity contribution in [3.05, 3.63) is 107 Å². The van der Waals surface area contributed by atoms with Gasteiger partial charge in [0.05, 0.1) is 66.9 Å². The molecule has 4 aromatic heterocycles. The first-order valence-electron chi connectivity index (χ1n) is 25.6. The number of amides is 5. The molecular formula is C55H71N11O11S. The van der Waals surface area contributed by atoms with Crippen molar-refractivity contribution in [2.75, 3.05) is 94.4 Å². The Balaban J connectivity index is 0.873. The number of ether oxygens (including phenoxy) is 4. The summed E-state index contributed by atoms with van der Waals surface area (Å²) in [6, 6.07) is 8.96. The largest absolute Gasteiger partial charge is 0.493 e. The van der Waals surface area contributed by atoms with Crippen molar-refractivity contribution in [3.8, 4) is 11.5 Å². The van der Waals surface area contributed by atoms with Gasteiger partial charge in [0.1, 0.15) is 18.0 Å². The summed E-state index contributed by atoms with van der Waals surface area (Å²) in [5.41, 5.74) is 10.9. The number of rotatable bonds is 25. The molecule has 78 heavy (non-hydrogen) atoms. The summed E-state index contributed by atoms with van der Waals surface area (Å²) in [6.45, 7) is 6.28. The molecule has 2 aliphatic rings. The van der Waals surface area contributed by atoms with E-state index in [0.717, 1.165) is 25.0 Å². The zero-order chi connectivity index (χ0) is 56.4. The third-order valence-corrected chi connectivity index (χ3v) is 14.0. The van der Waals surface area contributed by atoms with Crippen molar-refractivity contribution in [1.82, 2.24) is 33.0 Å². The number of Topliss-reactive ketones (excluding diaryl/α,β-unsaturated/α-hetero) is 2. The number of ketones is 2. The molecule has 2 fully saturated rings. The lowest BCUT2D eigenvalue weighted by Crippen LogP contribution is -2.51. The van der Waals surface area contributed by atoms with Crippen molar-refractivity contribution < 1.29 is 52.5 Å². The van der Waals surface area contributed by atoms with Crippen LogP contribution >= 0.6 is 11.8 Å². The van der Waals surface area contributed by atoms with Crippen LogP contribution in [0.1, 0.15) is 96.4 Å². The molecule has 22 nitrogen and oxygen atoms in total. The van der Waals surface area contributed by atoms with E-state index < -0.39 is 24.3 Å². The standard InChI is InChI=1S/C55H71N11O11S/c1-34-21-45(54-65(16-18-76-54)55(73)77-19-20-78-9)66(29-34)53(72)39-27-48(74-8)49(28-40(39)56)75-17-12-14-50(69)57-36-26-44(64(7)31-36)52(71)59-38-25-42(63(6)33-38)47(68)23-35-22-43(61(4)30-35)51(70)58-37-24-41(62(5)32-37)46(67)13-10-11-15-60(2)3/h22,24-28,30-33,45,54H,1,10-21,23,29,56H2,2-9H3,(H,57,69)(H,58,70)(H,59,71)/t45-,54?/m0/s1. The van der Waals surface area contributed by atoms with Crippen molar-refractivity contribution in [1.29, 1.82) is 0 Å². The number of nitrogens with zero attached hydrogens (tertiary/aromatic N) is 7. The second-order valence-electron chi connectivity index (χ2n) is 19.8. The van der Waals surface area contributed by atoms with Gasteiger partial charge in [0.25, 0.3) is 17.7 Å². The number of nitrogens with one attached hydrogen (secondary N) is 3. The van der Waals surface area contributed by atoms with E-state index in [0.29, 0.717) is 77.9 Å². The van der Waals surface area contributed by atoms with Crippen molar-refractivity contribution in [2.24, 2.45) is 28.2 Å².